The summed E-state index contributed by atoms with van der Waals surface area (Å²) >= 11 is 0. The van der Waals surface area contributed by atoms with Crippen LogP contribution in [0.15, 0.2) is 42.7 Å². The van der Waals surface area contributed by atoms with Crippen LogP contribution in [-0.4, -0.2) is 17.2 Å². The van der Waals surface area contributed by atoms with E-state index in [2.05, 4.69) is 17.2 Å². The summed E-state index contributed by atoms with van der Waals surface area (Å²) in [5.41, 5.74) is 2.21. The Bertz CT molecular complexity index is 529. The minimum absolute atomic E-state index is 0.158. The van der Waals surface area contributed by atoms with E-state index in [0.717, 1.165) is 17.7 Å². The van der Waals surface area contributed by atoms with E-state index < -0.39 is 0 Å². The Morgan fingerprint density at radius 1 is 1.37 bits per heavy atom. The summed E-state index contributed by atoms with van der Waals surface area (Å²) in [5.74, 6) is 0.651. The van der Waals surface area contributed by atoms with Gasteiger partial charge in [0.1, 0.15) is 0 Å². The van der Waals surface area contributed by atoms with Crippen LogP contribution in [0.2, 0.25) is 0 Å². The zero-order valence-electron chi connectivity index (χ0n) is 11.1. The van der Waals surface area contributed by atoms with Crippen LogP contribution >= 0.6 is 0 Å². The Morgan fingerprint density at radius 3 is 2.89 bits per heavy atom. The lowest BCUT2D eigenvalue weighted by molar-refractivity contribution is 0.372. The molecule has 0 fully saturated rings. The van der Waals surface area contributed by atoms with Gasteiger partial charge in [-0.1, -0.05) is 12.1 Å². The molecule has 4 heteroatoms. The number of aromatic hydroxyl groups is 1. The van der Waals surface area contributed by atoms with E-state index in [0.29, 0.717) is 5.75 Å². The van der Waals surface area contributed by atoms with Crippen molar-refractivity contribution >= 4 is 0 Å². The van der Waals surface area contributed by atoms with Crippen LogP contribution in [-0.2, 0) is 6.54 Å². The Labute approximate surface area is 113 Å². The molecule has 0 bridgehead atoms. The van der Waals surface area contributed by atoms with Crippen LogP contribution in [0.5, 0.6) is 11.5 Å². The van der Waals surface area contributed by atoms with Crippen LogP contribution in [0, 0.1) is 0 Å². The fraction of sp³-hybridized carbons (Fsp3) is 0.267. The fourth-order valence-electron chi connectivity index (χ4n) is 1.86. The van der Waals surface area contributed by atoms with Crippen LogP contribution in [0.3, 0.4) is 0 Å². The smallest absolute Gasteiger partial charge is 0.160 e. The molecule has 19 heavy (non-hydrogen) atoms. The number of nitrogens with zero attached hydrogens (tertiary/aromatic N) is 1. The predicted octanol–water partition coefficient (Wildman–Crippen LogP) is 2.65. The van der Waals surface area contributed by atoms with E-state index in [1.54, 1.807) is 19.4 Å². The number of phenols is 1. The molecular weight excluding hydrogens is 240 g/mol. The fourth-order valence-corrected chi connectivity index (χ4v) is 1.86. The maximum atomic E-state index is 9.57. The molecule has 1 aromatic carbocycles. The highest BCUT2D eigenvalue weighted by Crippen LogP contribution is 2.28. The summed E-state index contributed by atoms with van der Waals surface area (Å²) in [4.78, 5) is 4.08. The van der Waals surface area contributed by atoms with Crippen molar-refractivity contribution in [2.45, 2.75) is 19.5 Å². The minimum atomic E-state index is 0.158. The maximum absolute atomic E-state index is 9.57. The molecule has 0 radical (unpaired) electrons. The first-order valence-electron chi connectivity index (χ1n) is 6.20. The molecule has 1 atom stereocenters. The summed E-state index contributed by atoms with van der Waals surface area (Å²) in [6, 6.07) is 9.50. The molecule has 0 aliphatic rings. The number of hydrogen-bond acceptors (Lipinski definition) is 4. The normalized spacial score (nSPS) is 12.1. The van der Waals surface area contributed by atoms with E-state index in [1.165, 1.54) is 0 Å². The summed E-state index contributed by atoms with van der Waals surface area (Å²) in [6.07, 6.45) is 3.61. The second-order valence-corrected chi connectivity index (χ2v) is 4.40. The molecule has 2 aromatic rings. The number of pyridine rings is 1. The topological polar surface area (TPSA) is 54.4 Å². The number of methoxy groups -OCH3 is 1. The zero-order valence-corrected chi connectivity index (χ0v) is 11.1. The van der Waals surface area contributed by atoms with E-state index in [4.69, 9.17) is 4.74 Å². The molecule has 0 saturated carbocycles. The van der Waals surface area contributed by atoms with Crippen molar-refractivity contribution in [3.63, 3.8) is 0 Å². The molecule has 100 valence electrons. The van der Waals surface area contributed by atoms with Gasteiger partial charge in [0, 0.05) is 25.0 Å². The van der Waals surface area contributed by atoms with Crippen molar-refractivity contribution in [3.8, 4) is 11.5 Å². The monoisotopic (exact) mass is 258 g/mol. The Hall–Kier alpha value is -2.07. The molecule has 1 unspecified atom stereocenters. The lowest BCUT2D eigenvalue weighted by atomic mass is 10.1. The van der Waals surface area contributed by atoms with Gasteiger partial charge >= 0.3 is 0 Å². The zero-order chi connectivity index (χ0) is 13.7. The average Bonchev–Trinajstić information content (AvgIpc) is 2.46. The molecule has 0 spiro atoms. The van der Waals surface area contributed by atoms with Gasteiger partial charge in [-0.3, -0.25) is 4.98 Å². The number of hydrogen-bond donors (Lipinski definition) is 2. The highest BCUT2D eigenvalue weighted by atomic mass is 16.5. The Kier molecular flexibility index (Phi) is 4.36. The quantitative estimate of drug-likeness (QED) is 0.865. The van der Waals surface area contributed by atoms with Crippen molar-refractivity contribution in [2.24, 2.45) is 0 Å². The van der Waals surface area contributed by atoms with E-state index >= 15 is 0 Å². The molecule has 0 aliphatic carbocycles. The predicted molar refractivity (Wildman–Crippen MR) is 74.2 cm³/mol. The molecule has 0 amide bonds. The van der Waals surface area contributed by atoms with Crippen LogP contribution in [0.25, 0.3) is 0 Å². The highest BCUT2D eigenvalue weighted by Gasteiger charge is 2.08. The van der Waals surface area contributed by atoms with E-state index in [-0.39, 0.29) is 11.8 Å². The van der Waals surface area contributed by atoms with Gasteiger partial charge in [-0.05, 0) is 36.2 Å². The van der Waals surface area contributed by atoms with Gasteiger partial charge in [-0.15, -0.1) is 0 Å². The average molecular weight is 258 g/mol. The summed E-state index contributed by atoms with van der Waals surface area (Å²) in [7, 11) is 1.55. The second-order valence-electron chi connectivity index (χ2n) is 4.40. The number of rotatable bonds is 5. The van der Waals surface area contributed by atoms with Gasteiger partial charge < -0.3 is 15.2 Å². The number of benzene rings is 1. The second kappa shape index (κ2) is 6.20. The van der Waals surface area contributed by atoms with Gasteiger partial charge in [0.05, 0.1) is 7.11 Å². The lowest BCUT2D eigenvalue weighted by Gasteiger charge is -2.15. The Morgan fingerprint density at radius 2 is 2.21 bits per heavy atom. The number of phenolic OH excluding ortho intramolecular Hbond substituents is 1. The van der Waals surface area contributed by atoms with Crippen molar-refractivity contribution < 1.29 is 9.84 Å². The van der Waals surface area contributed by atoms with Gasteiger partial charge in [0.2, 0.25) is 0 Å². The largest absolute Gasteiger partial charge is 0.504 e. The first kappa shape index (κ1) is 13.4. The minimum Gasteiger partial charge on any atom is -0.504 e. The van der Waals surface area contributed by atoms with Crippen molar-refractivity contribution in [3.05, 3.63) is 53.9 Å². The Balaban J connectivity index is 2.02. The van der Waals surface area contributed by atoms with Crippen LogP contribution in [0.1, 0.15) is 24.1 Å². The number of ether oxygens (including phenoxy) is 1. The third kappa shape index (κ3) is 3.45. The molecule has 4 nitrogen and oxygen atoms in total. The molecule has 1 heterocycles. The summed E-state index contributed by atoms with van der Waals surface area (Å²) < 4.78 is 5.11. The van der Waals surface area contributed by atoms with E-state index in [1.807, 2.05) is 30.5 Å². The standard InChI is InChI=1S/C15H18N2O2/c1-11(17-10-12-4-3-7-16-9-12)13-5-6-14(18)15(8-13)19-2/h3-9,11,17-18H,10H2,1-2H3. The molecule has 0 saturated heterocycles. The van der Waals surface area contributed by atoms with Gasteiger partial charge in [-0.25, -0.2) is 0 Å². The van der Waals surface area contributed by atoms with Crippen molar-refractivity contribution in [1.82, 2.24) is 10.3 Å². The molecule has 2 N–H and O–H groups in total. The first-order valence-corrected chi connectivity index (χ1v) is 6.20. The summed E-state index contributed by atoms with van der Waals surface area (Å²) in [6.45, 7) is 2.82. The van der Waals surface area contributed by atoms with Crippen molar-refractivity contribution in [1.29, 1.82) is 0 Å². The summed E-state index contributed by atoms with van der Waals surface area (Å²) in [5, 5.41) is 13.0. The van der Waals surface area contributed by atoms with Gasteiger partial charge in [0.25, 0.3) is 0 Å². The maximum Gasteiger partial charge on any atom is 0.160 e. The third-order valence-corrected chi connectivity index (χ3v) is 3.04. The first-order chi connectivity index (χ1) is 9.20. The van der Waals surface area contributed by atoms with Gasteiger partial charge in [0.15, 0.2) is 11.5 Å². The van der Waals surface area contributed by atoms with Crippen LogP contribution in [0.4, 0.5) is 0 Å². The van der Waals surface area contributed by atoms with Crippen LogP contribution < -0.4 is 10.1 Å². The number of nitrogens with one attached hydrogen (secondary N) is 1. The third-order valence-electron chi connectivity index (χ3n) is 3.04. The highest BCUT2D eigenvalue weighted by molar-refractivity contribution is 5.42. The molecule has 2 rings (SSSR count). The SMILES string of the molecule is COc1cc(C(C)NCc2cccnc2)ccc1O. The molecular formula is C15H18N2O2. The number of aromatic nitrogens is 1. The molecule has 1 aromatic heterocycles. The molecule has 0 aliphatic heterocycles. The van der Waals surface area contributed by atoms with E-state index in [9.17, 15) is 5.11 Å². The van der Waals surface area contributed by atoms with Gasteiger partial charge in [-0.2, -0.15) is 0 Å². The van der Waals surface area contributed by atoms with Crippen molar-refractivity contribution in [2.75, 3.05) is 7.11 Å². The lowest BCUT2D eigenvalue weighted by Crippen LogP contribution is -2.18.